The summed E-state index contributed by atoms with van der Waals surface area (Å²) in [6, 6.07) is 0. The first-order chi connectivity index (χ1) is 9.31. The van der Waals surface area contributed by atoms with E-state index in [0.29, 0.717) is 5.88 Å². The van der Waals surface area contributed by atoms with Crippen molar-refractivity contribution in [3.05, 3.63) is 18.1 Å². The molecule has 0 aromatic carbocycles. The van der Waals surface area contributed by atoms with Gasteiger partial charge in [-0.2, -0.15) is 0 Å². The number of ether oxygens (including phenoxy) is 1. The van der Waals surface area contributed by atoms with Crippen LogP contribution < -0.4 is 4.74 Å². The normalized spacial score (nSPS) is 18.8. The molecule has 1 saturated heterocycles. The van der Waals surface area contributed by atoms with Crippen LogP contribution in [0.25, 0.3) is 0 Å². The zero-order valence-corrected chi connectivity index (χ0v) is 12.2. The Morgan fingerprint density at radius 3 is 2.74 bits per heavy atom. The quantitative estimate of drug-likeness (QED) is 0.876. The molecular weight excluding hydrogens is 242 g/mol. The van der Waals surface area contributed by atoms with E-state index in [1.54, 1.807) is 12.4 Å². The van der Waals surface area contributed by atoms with E-state index in [-0.39, 0.29) is 12.7 Å². The van der Waals surface area contributed by atoms with Crippen LogP contribution in [-0.4, -0.2) is 52.3 Å². The monoisotopic (exact) mass is 267 g/mol. The number of hydrogen-bond donors (Lipinski definition) is 1. The van der Waals surface area contributed by atoms with Crippen molar-refractivity contribution in [2.24, 2.45) is 0 Å². The molecule has 0 radical (unpaired) electrons. The SMILES string of the molecule is CC.CCc1cnc(O[C@@H]2CCN(CCO)C2)cn1. The van der Waals surface area contributed by atoms with Gasteiger partial charge in [0.2, 0.25) is 5.88 Å². The highest BCUT2D eigenvalue weighted by Gasteiger charge is 2.23. The Morgan fingerprint density at radius 2 is 2.16 bits per heavy atom. The highest BCUT2D eigenvalue weighted by atomic mass is 16.5. The summed E-state index contributed by atoms with van der Waals surface area (Å²) < 4.78 is 5.75. The van der Waals surface area contributed by atoms with E-state index >= 15 is 0 Å². The van der Waals surface area contributed by atoms with E-state index in [4.69, 9.17) is 9.84 Å². The fourth-order valence-corrected chi connectivity index (χ4v) is 1.99. The number of aromatic nitrogens is 2. The lowest BCUT2D eigenvalue weighted by atomic mass is 10.3. The average Bonchev–Trinajstić information content (AvgIpc) is 2.90. The number of nitrogens with zero attached hydrogens (tertiary/aromatic N) is 3. The maximum atomic E-state index is 8.86. The van der Waals surface area contributed by atoms with Crippen LogP contribution in [0.3, 0.4) is 0 Å². The van der Waals surface area contributed by atoms with E-state index in [2.05, 4.69) is 14.9 Å². The summed E-state index contributed by atoms with van der Waals surface area (Å²) in [6.07, 6.45) is 5.49. The lowest BCUT2D eigenvalue weighted by molar-refractivity contribution is 0.176. The molecule has 0 spiro atoms. The molecule has 1 atom stereocenters. The maximum Gasteiger partial charge on any atom is 0.232 e. The number of aryl methyl sites for hydroxylation is 1. The summed E-state index contributed by atoms with van der Waals surface area (Å²) in [5.41, 5.74) is 0.977. The number of aliphatic hydroxyl groups is 1. The fraction of sp³-hybridized carbons (Fsp3) is 0.714. The van der Waals surface area contributed by atoms with Crippen molar-refractivity contribution in [3.8, 4) is 5.88 Å². The van der Waals surface area contributed by atoms with Crippen LogP contribution in [-0.2, 0) is 6.42 Å². The van der Waals surface area contributed by atoms with Crippen molar-refractivity contribution in [2.45, 2.75) is 39.7 Å². The van der Waals surface area contributed by atoms with Crippen LogP contribution >= 0.6 is 0 Å². The molecule has 1 aromatic heterocycles. The molecule has 0 bridgehead atoms. The molecule has 1 aromatic rings. The lowest BCUT2D eigenvalue weighted by Crippen LogP contribution is -2.27. The fourth-order valence-electron chi connectivity index (χ4n) is 1.99. The zero-order valence-electron chi connectivity index (χ0n) is 12.2. The van der Waals surface area contributed by atoms with Crippen LogP contribution in [0.5, 0.6) is 5.88 Å². The van der Waals surface area contributed by atoms with Crippen LogP contribution in [0.15, 0.2) is 12.4 Å². The number of aliphatic hydroxyl groups excluding tert-OH is 1. The minimum absolute atomic E-state index is 0.170. The van der Waals surface area contributed by atoms with Crippen molar-refractivity contribution < 1.29 is 9.84 Å². The van der Waals surface area contributed by atoms with E-state index in [1.807, 2.05) is 20.8 Å². The van der Waals surface area contributed by atoms with Gasteiger partial charge < -0.3 is 9.84 Å². The van der Waals surface area contributed by atoms with E-state index in [9.17, 15) is 0 Å². The topological polar surface area (TPSA) is 58.5 Å². The van der Waals surface area contributed by atoms with Gasteiger partial charge in [0.15, 0.2) is 0 Å². The molecule has 1 aliphatic rings. The Hall–Kier alpha value is -1.20. The molecule has 1 N–H and O–H groups in total. The van der Waals surface area contributed by atoms with Crippen molar-refractivity contribution in [1.82, 2.24) is 14.9 Å². The summed E-state index contributed by atoms with van der Waals surface area (Å²) in [5.74, 6) is 0.595. The predicted octanol–water partition coefficient (Wildman–Crippen LogP) is 1.51. The second-order valence-electron chi connectivity index (χ2n) is 4.25. The minimum atomic E-state index is 0.170. The highest BCUT2D eigenvalue weighted by molar-refractivity contribution is 5.07. The largest absolute Gasteiger partial charge is 0.472 e. The first-order valence-electron chi connectivity index (χ1n) is 7.12. The Labute approximate surface area is 115 Å². The summed E-state index contributed by atoms with van der Waals surface area (Å²) in [6.45, 7) is 8.82. The van der Waals surface area contributed by atoms with Crippen molar-refractivity contribution in [2.75, 3.05) is 26.2 Å². The summed E-state index contributed by atoms with van der Waals surface area (Å²) in [7, 11) is 0. The number of β-amino-alcohol motifs (C(OH)–C–C–N with tert-alkyl or cyclic N) is 1. The van der Waals surface area contributed by atoms with E-state index < -0.39 is 0 Å². The van der Waals surface area contributed by atoms with E-state index in [0.717, 1.165) is 38.2 Å². The van der Waals surface area contributed by atoms with Gasteiger partial charge in [-0.25, -0.2) is 4.98 Å². The summed E-state index contributed by atoms with van der Waals surface area (Å²) in [5, 5.41) is 8.86. The molecule has 0 saturated carbocycles. The van der Waals surface area contributed by atoms with Crippen LogP contribution in [0, 0.1) is 0 Å². The van der Waals surface area contributed by atoms with Crippen LogP contribution in [0.4, 0.5) is 0 Å². The Bertz CT molecular complexity index is 343. The Kier molecular flexibility index (Phi) is 7.36. The molecule has 0 amide bonds. The van der Waals surface area contributed by atoms with Crippen molar-refractivity contribution in [3.63, 3.8) is 0 Å². The smallest absolute Gasteiger partial charge is 0.232 e. The van der Waals surface area contributed by atoms with Crippen molar-refractivity contribution in [1.29, 1.82) is 0 Å². The molecule has 5 nitrogen and oxygen atoms in total. The standard InChI is InChI=1S/C12H19N3O2.C2H6/c1-2-10-7-14-12(8-13-10)17-11-3-4-15(9-11)5-6-16;1-2/h7-8,11,16H,2-6,9H2,1H3;1-2H3/t11-;/m1./s1. The first-order valence-corrected chi connectivity index (χ1v) is 7.12. The molecular formula is C14H25N3O2. The van der Waals surface area contributed by atoms with E-state index in [1.165, 1.54) is 0 Å². The third kappa shape index (κ3) is 5.12. The number of rotatable bonds is 5. The zero-order chi connectivity index (χ0) is 14.1. The third-order valence-electron chi connectivity index (χ3n) is 2.98. The number of hydrogen-bond acceptors (Lipinski definition) is 5. The molecule has 1 aliphatic heterocycles. The third-order valence-corrected chi connectivity index (χ3v) is 2.98. The molecule has 19 heavy (non-hydrogen) atoms. The lowest BCUT2D eigenvalue weighted by Gasteiger charge is -2.15. The molecule has 1 fully saturated rings. The molecule has 5 heteroatoms. The maximum absolute atomic E-state index is 8.86. The first kappa shape index (κ1) is 15.9. The van der Waals surface area contributed by atoms with Gasteiger partial charge in [0, 0.05) is 19.6 Å². The Morgan fingerprint density at radius 1 is 1.37 bits per heavy atom. The second kappa shape index (κ2) is 8.82. The average molecular weight is 267 g/mol. The summed E-state index contributed by atoms with van der Waals surface area (Å²) >= 11 is 0. The highest BCUT2D eigenvalue weighted by Crippen LogP contribution is 2.15. The predicted molar refractivity (Wildman–Crippen MR) is 75.3 cm³/mol. The van der Waals surface area contributed by atoms with Gasteiger partial charge in [-0.1, -0.05) is 20.8 Å². The molecule has 108 valence electrons. The van der Waals surface area contributed by atoms with Gasteiger partial charge in [-0.3, -0.25) is 9.88 Å². The van der Waals surface area contributed by atoms with Crippen molar-refractivity contribution >= 4 is 0 Å². The van der Waals surface area contributed by atoms with Gasteiger partial charge in [0.05, 0.1) is 24.7 Å². The molecule has 2 rings (SSSR count). The summed E-state index contributed by atoms with van der Waals surface area (Å²) in [4.78, 5) is 10.7. The minimum Gasteiger partial charge on any atom is -0.472 e. The Balaban J connectivity index is 0.000000861. The molecule has 0 aliphatic carbocycles. The van der Waals surface area contributed by atoms with Crippen LogP contribution in [0.1, 0.15) is 32.9 Å². The van der Waals surface area contributed by atoms with Gasteiger partial charge in [-0.15, -0.1) is 0 Å². The van der Waals surface area contributed by atoms with Gasteiger partial charge in [0.25, 0.3) is 0 Å². The molecule has 0 unspecified atom stereocenters. The second-order valence-corrected chi connectivity index (χ2v) is 4.25. The number of likely N-dealkylation sites (tertiary alicyclic amines) is 1. The molecule has 2 heterocycles. The van der Waals surface area contributed by atoms with Gasteiger partial charge in [-0.05, 0) is 12.8 Å². The van der Waals surface area contributed by atoms with Gasteiger partial charge in [0.1, 0.15) is 6.10 Å². The van der Waals surface area contributed by atoms with Crippen LogP contribution in [0.2, 0.25) is 0 Å². The van der Waals surface area contributed by atoms with Gasteiger partial charge >= 0.3 is 0 Å².